The van der Waals surface area contributed by atoms with E-state index in [1.165, 1.54) is 17.5 Å². The van der Waals surface area contributed by atoms with Crippen LogP contribution in [0.5, 0.6) is 5.75 Å². The number of benzene rings is 1. The van der Waals surface area contributed by atoms with Gasteiger partial charge in [0, 0.05) is 24.7 Å². The zero-order chi connectivity index (χ0) is 15.6. The van der Waals surface area contributed by atoms with Gasteiger partial charge in [-0.2, -0.15) is 4.31 Å². The maximum atomic E-state index is 12.7. The molecule has 0 spiro atoms. The van der Waals surface area contributed by atoms with Gasteiger partial charge in [0.15, 0.2) is 5.75 Å². The molecule has 1 unspecified atom stereocenters. The number of hydrogen-bond acceptors (Lipinski definition) is 4. The van der Waals surface area contributed by atoms with Crippen LogP contribution in [0.4, 0.5) is 0 Å². The number of halogens is 2. The first-order chi connectivity index (χ1) is 9.86. The van der Waals surface area contributed by atoms with Crippen LogP contribution in [0.15, 0.2) is 21.5 Å². The average molecular weight is 398 g/mol. The first kappa shape index (κ1) is 17.0. The van der Waals surface area contributed by atoms with Crippen LogP contribution in [-0.2, 0) is 10.0 Å². The van der Waals surface area contributed by atoms with Gasteiger partial charge in [-0.05, 0) is 47.4 Å². The third kappa shape index (κ3) is 3.71. The summed E-state index contributed by atoms with van der Waals surface area (Å²) in [5, 5.41) is 3.63. The molecule has 0 amide bonds. The Morgan fingerprint density at radius 1 is 1.52 bits per heavy atom. The molecule has 0 aliphatic carbocycles. The molecular formula is C13H18BrClN2O3S. The fraction of sp³-hybridized carbons (Fsp3) is 0.538. The van der Waals surface area contributed by atoms with E-state index < -0.39 is 10.0 Å². The highest BCUT2D eigenvalue weighted by Crippen LogP contribution is 2.36. The van der Waals surface area contributed by atoms with Crippen LogP contribution in [0.2, 0.25) is 5.02 Å². The van der Waals surface area contributed by atoms with Gasteiger partial charge in [-0.3, -0.25) is 0 Å². The molecule has 0 saturated carbocycles. The van der Waals surface area contributed by atoms with Crippen LogP contribution in [0.25, 0.3) is 0 Å². The van der Waals surface area contributed by atoms with Gasteiger partial charge in [0.25, 0.3) is 0 Å². The Labute approximate surface area is 138 Å². The molecule has 1 fully saturated rings. The Balaban J connectivity index is 2.34. The van der Waals surface area contributed by atoms with Gasteiger partial charge in [0.2, 0.25) is 10.0 Å². The van der Waals surface area contributed by atoms with Crippen LogP contribution in [0, 0.1) is 0 Å². The molecule has 1 heterocycles. The Kier molecular flexibility index (Phi) is 5.54. The highest BCUT2D eigenvalue weighted by molar-refractivity contribution is 9.10. The minimum Gasteiger partial charge on any atom is -0.494 e. The van der Waals surface area contributed by atoms with E-state index in [0.29, 0.717) is 16.0 Å². The van der Waals surface area contributed by atoms with Crippen molar-refractivity contribution in [1.29, 1.82) is 0 Å². The maximum Gasteiger partial charge on any atom is 0.246 e. The number of rotatable bonds is 5. The second-order valence-corrected chi connectivity index (χ2v) is 8.30. The van der Waals surface area contributed by atoms with Gasteiger partial charge >= 0.3 is 0 Å². The van der Waals surface area contributed by atoms with Crippen LogP contribution < -0.4 is 10.1 Å². The molecule has 21 heavy (non-hydrogen) atoms. The third-order valence-corrected chi connectivity index (χ3v) is 6.14. The van der Waals surface area contributed by atoms with Gasteiger partial charge < -0.3 is 10.1 Å². The van der Waals surface area contributed by atoms with E-state index in [-0.39, 0.29) is 16.7 Å². The Hall–Kier alpha value is -0.340. The highest BCUT2D eigenvalue weighted by Gasteiger charge is 2.29. The van der Waals surface area contributed by atoms with Crippen molar-refractivity contribution in [2.45, 2.75) is 23.8 Å². The molecule has 1 atom stereocenters. The Bertz CT molecular complexity index is 618. The van der Waals surface area contributed by atoms with Crippen molar-refractivity contribution in [2.75, 3.05) is 27.2 Å². The summed E-state index contributed by atoms with van der Waals surface area (Å²) in [5.41, 5.74) is 0. The van der Waals surface area contributed by atoms with E-state index in [1.54, 1.807) is 13.1 Å². The second-order valence-electron chi connectivity index (χ2n) is 5.00. The van der Waals surface area contributed by atoms with Crippen molar-refractivity contribution in [3.8, 4) is 5.75 Å². The van der Waals surface area contributed by atoms with Crippen LogP contribution in [-0.4, -0.2) is 46.0 Å². The normalized spacial score (nSPS) is 19.2. The smallest absolute Gasteiger partial charge is 0.246 e. The maximum absolute atomic E-state index is 12.7. The number of nitrogens with zero attached hydrogens (tertiary/aromatic N) is 1. The zero-order valence-corrected chi connectivity index (χ0v) is 15.1. The van der Waals surface area contributed by atoms with E-state index in [1.807, 2.05) is 0 Å². The monoisotopic (exact) mass is 396 g/mol. The summed E-state index contributed by atoms with van der Waals surface area (Å²) in [7, 11) is -0.651. The number of methoxy groups -OCH3 is 1. The summed E-state index contributed by atoms with van der Waals surface area (Å²) in [4.78, 5) is 0.0740. The number of likely N-dealkylation sites (N-methyl/N-ethyl adjacent to an activating group) is 1. The topological polar surface area (TPSA) is 58.6 Å². The molecule has 1 N–H and O–H groups in total. The lowest BCUT2D eigenvalue weighted by Gasteiger charge is -2.22. The molecule has 1 aromatic carbocycles. The lowest BCUT2D eigenvalue weighted by atomic mass is 10.2. The predicted molar refractivity (Wildman–Crippen MR) is 86.5 cm³/mol. The van der Waals surface area contributed by atoms with Crippen molar-refractivity contribution < 1.29 is 13.2 Å². The van der Waals surface area contributed by atoms with Gasteiger partial charge in [-0.25, -0.2) is 8.42 Å². The molecule has 0 aromatic heterocycles. The molecule has 2 rings (SSSR count). The lowest BCUT2D eigenvalue weighted by molar-refractivity contribution is 0.389. The van der Waals surface area contributed by atoms with Crippen molar-refractivity contribution in [3.05, 3.63) is 21.6 Å². The van der Waals surface area contributed by atoms with Gasteiger partial charge in [0.05, 0.1) is 11.6 Å². The number of nitrogens with one attached hydrogen (secondary N) is 1. The summed E-state index contributed by atoms with van der Waals surface area (Å²) < 4.78 is 32.6. The first-order valence-electron chi connectivity index (χ1n) is 6.59. The molecule has 0 radical (unpaired) electrons. The van der Waals surface area contributed by atoms with E-state index in [4.69, 9.17) is 16.3 Å². The summed E-state index contributed by atoms with van der Waals surface area (Å²) >= 11 is 9.26. The molecule has 8 heteroatoms. The molecule has 1 aliphatic rings. The Morgan fingerprint density at radius 2 is 2.24 bits per heavy atom. The van der Waals surface area contributed by atoms with Crippen LogP contribution in [0.3, 0.4) is 0 Å². The number of ether oxygens (including phenoxy) is 1. The molecule has 118 valence electrons. The van der Waals surface area contributed by atoms with Gasteiger partial charge in [-0.15, -0.1) is 0 Å². The third-order valence-electron chi connectivity index (χ3n) is 3.51. The van der Waals surface area contributed by atoms with Crippen molar-refractivity contribution in [2.24, 2.45) is 0 Å². The fourth-order valence-electron chi connectivity index (χ4n) is 2.42. The number of sulfonamides is 1. The quantitative estimate of drug-likeness (QED) is 0.829. The molecule has 1 aliphatic heterocycles. The highest BCUT2D eigenvalue weighted by atomic mass is 79.9. The SMILES string of the molecule is COc1c(Br)cc(Cl)cc1S(=O)(=O)N(C)CC1CCCN1. The average Bonchev–Trinajstić information content (AvgIpc) is 2.90. The number of hydrogen-bond donors (Lipinski definition) is 1. The second kappa shape index (κ2) is 6.83. The molecule has 5 nitrogen and oxygen atoms in total. The fourth-order valence-corrected chi connectivity index (χ4v) is 5.00. The summed E-state index contributed by atoms with van der Waals surface area (Å²) in [6.45, 7) is 1.36. The van der Waals surface area contributed by atoms with Crippen LogP contribution in [0.1, 0.15) is 12.8 Å². The molecule has 1 aromatic rings. The van der Waals surface area contributed by atoms with E-state index >= 15 is 0 Å². The van der Waals surface area contributed by atoms with Crippen LogP contribution >= 0.6 is 27.5 Å². The summed E-state index contributed by atoms with van der Waals surface area (Å²) in [5.74, 6) is 0.269. The molecule has 1 saturated heterocycles. The molecule has 0 bridgehead atoms. The van der Waals surface area contributed by atoms with Crippen molar-refractivity contribution in [1.82, 2.24) is 9.62 Å². The standard InChI is InChI=1S/C13H18BrClN2O3S/c1-17(8-10-4-3-5-16-10)21(18,19)12-7-9(15)6-11(14)13(12)20-2/h6-7,10,16H,3-5,8H2,1-2H3. The lowest BCUT2D eigenvalue weighted by Crippen LogP contribution is -2.38. The summed E-state index contributed by atoms with van der Waals surface area (Å²) in [6, 6.07) is 3.22. The van der Waals surface area contributed by atoms with Gasteiger partial charge in [0.1, 0.15) is 4.90 Å². The minimum absolute atomic E-state index is 0.0740. The van der Waals surface area contributed by atoms with Gasteiger partial charge in [-0.1, -0.05) is 11.6 Å². The summed E-state index contributed by atoms with van der Waals surface area (Å²) in [6.07, 6.45) is 2.06. The minimum atomic E-state index is -3.66. The van der Waals surface area contributed by atoms with E-state index in [9.17, 15) is 8.42 Å². The zero-order valence-electron chi connectivity index (χ0n) is 11.9. The largest absolute Gasteiger partial charge is 0.494 e. The Morgan fingerprint density at radius 3 is 2.81 bits per heavy atom. The molecular weight excluding hydrogens is 380 g/mol. The van der Waals surface area contributed by atoms with Crippen molar-refractivity contribution >= 4 is 37.6 Å². The first-order valence-corrected chi connectivity index (χ1v) is 9.20. The van der Waals surface area contributed by atoms with Crippen molar-refractivity contribution in [3.63, 3.8) is 0 Å². The van der Waals surface area contributed by atoms with E-state index in [2.05, 4.69) is 21.2 Å². The van der Waals surface area contributed by atoms with E-state index in [0.717, 1.165) is 19.4 Å². The predicted octanol–water partition coefficient (Wildman–Crippen LogP) is 2.48.